The molecule has 0 aliphatic heterocycles. The van der Waals surface area contributed by atoms with Crippen molar-refractivity contribution >= 4 is 0 Å². The van der Waals surface area contributed by atoms with Gasteiger partial charge in [-0.1, -0.05) is 12.1 Å². The average molecular weight is 238 g/mol. The fourth-order valence-electron chi connectivity index (χ4n) is 1.43. The lowest BCUT2D eigenvalue weighted by Crippen LogP contribution is -2.36. The van der Waals surface area contributed by atoms with Crippen molar-refractivity contribution < 1.29 is 9.47 Å². The number of nitrogens with two attached hydrogens (primary N) is 1. The van der Waals surface area contributed by atoms with Crippen LogP contribution in [0.1, 0.15) is 12.5 Å². The van der Waals surface area contributed by atoms with Gasteiger partial charge in [0, 0.05) is 13.2 Å². The molecule has 0 radical (unpaired) electrons. The van der Waals surface area contributed by atoms with Gasteiger partial charge in [0.05, 0.1) is 0 Å². The zero-order valence-corrected chi connectivity index (χ0v) is 10.8. The zero-order valence-electron chi connectivity index (χ0n) is 10.8. The third kappa shape index (κ3) is 4.73. The van der Waals surface area contributed by atoms with E-state index in [1.165, 1.54) is 0 Å². The lowest BCUT2D eigenvalue weighted by Gasteiger charge is -2.24. The molecule has 0 bridgehead atoms. The second kappa shape index (κ2) is 7.27. The number of benzene rings is 1. The SMILES string of the molecule is CCOC(COc1ccc(CN)cc1)N(C)C. The summed E-state index contributed by atoms with van der Waals surface area (Å²) in [6.07, 6.45) is -0.0193. The van der Waals surface area contributed by atoms with Gasteiger partial charge in [-0.05, 0) is 38.7 Å². The summed E-state index contributed by atoms with van der Waals surface area (Å²) >= 11 is 0. The predicted octanol–water partition coefficient (Wildman–Crippen LogP) is 1.45. The van der Waals surface area contributed by atoms with Gasteiger partial charge < -0.3 is 15.2 Å². The first-order chi connectivity index (χ1) is 8.17. The molecule has 4 heteroatoms. The highest BCUT2D eigenvalue weighted by atomic mass is 16.5. The van der Waals surface area contributed by atoms with E-state index in [4.69, 9.17) is 15.2 Å². The van der Waals surface area contributed by atoms with Crippen LogP contribution in [0.25, 0.3) is 0 Å². The maximum Gasteiger partial charge on any atom is 0.144 e. The molecule has 4 nitrogen and oxygen atoms in total. The number of rotatable bonds is 7. The third-order valence-corrected chi connectivity index (χ3v) is 2.49. The fraction of sp³-hybridized carbons (Fsp3) is 0.538. The smallest absolute Gasteiger partial charge is 0.144 e. The summed E-state index contributed by atoms with van der Waals surface area (Å²) in [5, 5.41) is 0. The molecule has 2 N–H and O–H groups in total. The van der Waals surface area contributed by atoms with Gasteiger partial charge in [0.15, 0.2) is 0 Å². The van der Waals surface area contributed by atoms with Crippen LogP contribution in [0.3, 0.4) is 0 Å². The summed E-state index contributed by atoms with van der Waals surface area (Å²) in [7, 11) is 3.95. The Morgan fingerprint density at radius 1 is 1.24 bits per heavy atom. The zero-order chi connectivity index (χ0) is 12.7. The Kier molecular flexibility index (Phi) is 5.97. The molecular formula is C13H22N2O2. The predicted molar refractivity (Wildman–Crippen MR) is 68.9 cm³/mol. The maximum atomic E-state index is 5.67. The molecule has 0 saturated heterocycles. The van der Waals surface area contributed by atoms with E-state index in [1.807, 2.05) is 50.2 Å². The summed E-state index contributed by atoms with van der Waals surface area (Å²) < 4.78 is 11.2. The van der Waals surface area contributed by atoms with Crippen LogP contribution in [-0.4, -0.2) is 38.4 Å². The molecule has 1 unspecified atom stereocenters. The summed E-state index contributed by atoms with van der Waals surface area (Å²) in [6.45, 7) is 3.73. The van der Waals surface area contributed by atoms with Gasteiger partial charge in [0.25, 0.3) is 0 Å². The number of likely N-dealkylation sites (N-methyl/N-ethyl adjacent to an activating group) is 1. The van der Waals surface area contributed by atoms with E-state index < -0.39 is 0 Å². The maximum absolute atomic E-state index is 5.67. The van der Waals surface area contributed by atoms with Crippen LogP contribution in [0.2, 0.25) is 0 Å². The van der Waals surface area contributed by atoms with Gasteiger partial charge in [-0.25, -0.2) is 0 Å². The quantitative estimate of drug-likeness (QED) is 0.730. The van der Waals surface area contributed by atoms with Gasteiger partial charge >= 0.3 is 0 Å². The molecule has 0 saturated carbocycles. The number of nitrogens with zero attached hydrogens (tertiary/aromatic N) is 1. The van der Waals surface area contributed by atoms with E-state index in [1.54, 1.807) is 0 Å². The molecule has 1 rings (SSSR count). The number of ether oxygens (including phenoxy) is 2. The molecule has 1 aromatic carbocycles. The van der Waals surface area contributed by atoms with Crippen LogP contribution in [-0.2, 0) is 11.3 Å². The van der Waals surface area contributed by atoms with E-state index in [2.05, 4.69) is 0 Å². The molecule has 0 heterocycles. The highest BCUT2D eigenvalue weighted by Gasteiger charge is 2.11. The first kappa shape index (κ1) is 14.0. The molecule has 0 fully saturated rings. The monoisotopic (exact) mass is 238 g/mol. The van der Waals surface area contributed by atoms with Crippen molar-refractivity contribution in [3.63, 3.8) is 0 Å². The lowest BCUT2D eigenvalue weighted by molar-refractivity contribution is -0.0554. The molecule has 1 aromatic rings. The van der Waals surface area contributed by atoms with E-state index in [-0.39, 0.29) is 6.23 Å². The minimum Gasteiger partial charge on any atom is -0.489 e. The van der Waals surface area contributed by atoms with Crippen LogP contribution in [0.5, 0.6) is 5.75 Å². The van der Waals surface area contributed by atoms with Gasteiger partial charge in [-0.3, -0.25) is 4.90 Å². The van der Waals surface area contributed by atoms with Crippen molar-refractivity contribution in [2.24, 2.45) is 5.73 Å². The summed E-state index contributed by atoms with van der Waals surface area (Å²) in [6, 6.07) is 7.81. The Hall–Kier alpha value is -1.10. The van der Waals surface area contributed by atoms with Gasteiger partial charge in [0.1, 0.15) is 18.6 Å². The first-order valence-electron chi connectivity index (χ1n) is 5.87. The fourth-order valence-corrected chi connectivity index (χ4v) is 1.43. The Balaban J connectivity index is 2.47. The lowest BCUT2D eigenvalue weighted by atomic mass is 10.2. The van der Waals surface area contributed by atoms with Crippen LogP contribution in [0, 0.1) is 0 Å². The van der Waals surface area contributed by atoms with E-state index in [0.717, 1.165) is 11.3 Å². The van der Waals surface area contributed by atoms with Gasteiger partial charge in [-0.2, -0.15) is 0 Å². The molecular weight excluding hydrogens is 216 g/mol. The summed E-state index contributed by atoms with van der Waals surface area (Å²) in [5.41, 5.74) is 6.64. The highest BCUT2D eigenvalue weighted by Crippen LogP contribution is 2.12. The van der Waals surface area contributed by atoms with E-state index in [9.17, 15) is 0 Å². The van der Waals surface area contributed by atoms with Crippen molar-refractivity contribution in [1.29, 1.82) is 0 Å². The van der Waals surface area contributed by atoms with Crippen molar-refractivity contribution in [3.05, 3.63) is 29.8 Å². The van der Waals surface area contributed by atoms with Crippen molar-refractivity contribution in [3.8, 4) is 5.75 Å². The minimum atomic E-state index is -0.0193. The standard InChI is InChI=1S/C13H22N2O2/c1-4-16-13(15(2)3)10-17-12-7-5-11(9-14)6-8-12/h5-8,13H,4,9-10,14H2,1-3H3. The van der Waals surface area contributed by atoms with Crippen molar-refractivity contribution in [1.82, 2.24) is 4.90 Å². The molecule has 0 aliphatic rings. The molecule has 0 amide bonds. The van der Waals surface area contributed by atoms with Gasteiger partial charge in [0.2, 0.25) is 0 Å². The van der Waals surface area contributed by atoms with Crippen molar-refractivity contribution in [2.75, 3.05) is 27.3 Å². The normalized spacial score (nSPS) is 12.8. The molecule has 96 valence electrons. The summed E-state index contributed by atoms with van der Waals surface area (Å²) in [5.74, 6) is 0.841. The average Bonchev–Trinajstić information content (AvgIpc) is 2.34. The van der Waals surface area contributed by atoms with E-state index >= 15 is 0 Å². The van der Waals surface area contributed by atoms with Crippen molar-refractivity contribution in [2.45, 2.75) is 19.7 Å². The Labute approximate surface area is 103 Å². The molecule has 1 atom stereocenters. The van der Waals surface area contributed by atoms with Crippen LogP contribution in [0.4, 0.5) is 0 Å². The number of hydrogen-bond donors (Lipinski definition) is 1. The Morgan fingerprint density at radius 2 is 1.88 bits per heavy atom. The largest absolute Gasteiger partial charge is 0.489 e. The summed E-state index contributed by atoms with van der Waals surface area (Å²) in [4.78, 5) is 2.00. The molecule has 0 spiro atoms. The molecule has 0 aliphatic carbocycles. The first-order valence-corrected chi connectivity index (χ1v) is 5.87. The van der Waals surface area contributed by atoms with Crippen LogP contribution < -0.4 is 10.5 Å². The highest BCUT2D eigenvalue weighted by molar-refractivity contribution is 5.27. The number of hydrogen-bond acceptors (Lipinski definition) is 4. The topological polar surface area (TPSA) is 47.7 Å². The van der Waals surface area contributed by atoms with Crippen LogP contribution in [0.15, 0.2) is 24.3 Å². The molecule has 0 aromatic heterocycles. The third-order valence-electron chi connectivity index (χ3n) is 2.49. The van der Waals surface area contributed by atoms with E-state index in [0.29, 0.717) is 19.8 Å². The Morgan fingerprint density at radius 3 is 2.35 bits per heavy atom. The van der Waals surface area contributed by atoms with Crippen LogP contribution >= 0.6 is 0 Å². The Bertz CT molecular complexity index is 312. The molecule has 17 heavy (non-hydrogen) atoms. The second-order valence-electron chi connectivity index (χ2n) is 4.03. The second-order valence-corrected chi connectivity index (χ2v) is 4.03. The minimum absolute atomic E-state index is 0.0193. The van der Waals surface area contributed by atoms with Gasteiger partial charge in [-0.15, -0.1) is 0 Å².